The minimum absolute atomic E-state index is 0.0458. The van der Waals surface area contributed by atoms with Crippen molar-refractivity contribution in [2.45, 2.75) is 58.0 Å². The molecular weight excluding hydrogens is 346 g/mol. The van der Waals surface area contributed by atoms with Crippen molar-refractivity contribution >= 4 is 22.9 Å². The molecule has 5 rings (SSSR count). The Morgan fingerprint density at radius 3 is 2.89 bits per heavy atom. The Labute approximate surface area is 166 Å². The van der Waals surface area contributed by atoms with Gasteiger partial charge in [-0.15, -0.1) is 0 Å². The summed E-state index contributed by atoms with van der Waals surface area (Å²) in [7, 11) is 0. The molecule has 1 aromatic heterocycles. The van der Waals surface area contributed by atoms with Crippen LogP contribution in [0.25, 0.3) is 16.6 Å². The molecule has 28 heavy (non-hydrogen) atoms. The molecule has 1 saturated carbocycles. The number of unbranched alkanes of at least 4 members (excludes halogenated alkanes) is 1. The molecule has 2 aliphatic heterocycles. The predicted molar refractivity (Wildman–Crippen MR) is 116 cm³/mol. The quantitative estimate of drug-likeness (QED) is 0.684. The number of fused-ring (bicyclic) bond motifs is 5. The van der Waals surface area contributed by atoms with Crippen LogP contribution in [0.5, 0.6) is 0 Å². The predicted octanol–water partition coefficient (Wildman–Crippen LogP) is 4.61. The highest BCUT2D eigenvalue weighted by Gasteiger charge is 2.33. The normalized spacial score (nSPS) is 21.2. The molecule has 146 valence electrons. The van der Waals surface area contributed by atoms with Crippen LogP contribution in [0.2, 0.25) is 0 Å². The van der Waals surface area contributed by atoms with Crippen molar-refractivity contribution in [3.05, 3.63) is 53.1 Å². The average Bonchev–Trinajstić information content (AvgIpc) is 3.14. The van der Waals surface area contributed by atoms with Crippen LogP contribution in [-0.4, -0.2) is 17.5 Å². The molecule has 1 aliphatic carbocycles. The van der Waals surface area contributed by atoms with Crippen molar-refractivity contribution < 1.29 is 0 Å². The van der Waals surface area contributed by atoms with Gasteiger partial charge in [0.2, 0.25) is 0 Å². The molecule has 3 heterocycles. The maximum atomic E-state index is 4.64. The van der Waals surface area contributed by atoms with E-state index in [2.05, 4.69) is 62.8 Å². The maximum absolute atomic E-state index is 4.64. The summed E-state index contributed by atoms with van der Waals surface area (Å²) in [4.78, 5) is 4.64. The maximum Gasteiger partial charge on any atom is 0.151 e. The van der Waals surface area contributed by atoms with E-state index in [4.69, 9.17) is 0 Å². The molecule has 0 radical (unpaired) electrons. The van der Waals surface area contributed by atoms with Crippen LogP contribution in [0.1, 0.15) is 63.7 Å². The third-order valence-electron chi connectivity index (χ3n) is 6.11. The first-order valence-electron chi connectivity index (χ1n) is 10.7. The molecule has 3 N–H and O–H groups in total. The second kappa shape index (κ2) is 7.38. The summed E-state index contributed by atoms with van der Waals surface area (Å²) in [5.74, 6) is 0.967. The van der Waals surface area contributed by atoms with E-state index in [-0.39, 0.29) is 6.17 Å². The molecule has 5 nitrogen and oxygen atoms in total. The lowest BCUT2D eigenvalue weighted by Gasteiger charge is -2.37. The number of benzene rings is 1. The molecule has 0 saturated heterocycles. The van der Waals surface area contributed by atoms with Gasteiger partial charge in [0.15, 0.2) is 5.82 Å². The SMILES string of the molecule is CCCCNC1=C2NC(=C3CCCCC3)c3cc4ccccc4n3C2NC=N1. The Balaban J connectivity index is 1.67. The van der Waals surface area contributed by atoms with E-state index in [9.17, 15) is 0 Å². The molecule has 1 unspecified atom stereocenters. The van der Waals surface area contributed by atoms with Crippen molar-refractivity contribution in [2.75, 3.05) is 6.54 Å². The molecule has 5 heteroatoms. The number of nitrogens with zero attached hydrogens (tertiary/aromatic N) is 2. The molecule has 0 amide bonds. The number of hydrogen-bond donors (Lipinski definition) is 3. The van der Waals surface area contributed by atoms with E-state index in [1.807, 2.05) is 6.34 Å². The van der Waals surface area contributed by atoms with Crippen LogP contribution in [-0.2, 0) is 0 Å². The zero-order valence-corrected chi connectivity index (χ0v) is 16.6. The zero-order chi connectivity index (χ0) is 18.9. The second-order valence-corrected chi connectivity index (χ2v) is 7.99. The lowest BCUT2D eigenvalue weighted by molar-refractivity contribution is 0.489. The molecule has 3 aliphatic rings. The minimum Gasteiger partial charge on any atom is -0.368 e. The Morgan fingerprint density at radius 1 is 1.18 bits per heavy atom. The lowest BCUT2D eigenvalue weighted by atomic mass is 9.91. The Bertz CT molecular complexity index is 970. The fraction of sp³-hybridized carbons (Fsp3) is 0.435. The third kappa shape index (κ3) is 2.89. The monoisotopic (exact) mass is 375 g/mol. The second-order valence-electron chi connectivity index (χ2n) is 7.99. The van der Waals surface area contributed by atoms with E-state index < -0.39 is 0 Å². The van der Waals surface area contributed by atoms with Gasteiger partial charge in [0, 0.05) is 11.9 Å². The summed E-state index contributed by atoms with van der Waals surface area (Å²) < 4.78 is 2.45. The molecular formula is C23H29N5. The summed E-state index contributed by atoms with van der Waals surface area (Å²) in [6.45, 7) is 3.17. The number of nitrogens with one attached hydrogen (secondary N) is 3. The third-order valence-corrected chi connectivity index (χ3v) is 6.11. The van der Waals surface area contributed by atoms with Gasteiger partial charge in [-0.1, -0.05) is 38.0 Å². The number of rotatable bonds is 4. The van der Waals surface area contributed by atoms with E-state index in [0.717, 1.165) is 24.5 Å². The van der Waals surface area contributed by atoms with Gasteiger partial charge in [0.25, 0.3) is 0 Å². The molecule has 0 spiro atoms. The van der Waals surface area contributed by atoms with Gasteiger partial charge < -0.3 is 20.5 Å². The van der Waals surface area contributed by atoms with Crippen LogP contribution >= 0.6 is 0 Å². The standard InChI is InChI=1S/C23H29N5/c1-2-3-13-24-22-21-23(26-15-25-22)28-18-12-8-7-11-17(18)14-19(28)20(27-21)16-9-5-4-6-10-16/h7-8,11-12,14-15,23-24,27H,2-6,9-10,13H2,1H3,(H,25,26). The number of para-hydroxylation sites is 1. The van der Waals surface area contributed by atoms with Crippen LogP contribution < -0.4 is 16.0 Å². The lowest BCUT2D eigenvalue weighted by Crippen LogP contribution is -2.43. The fourth-order valence-corrected chi connectivity index (χ4v) is 4.65. The topological polar surface area (TPSA) is 53.4 Å². The summed E-state index contributed by atoms with van der Waals surface area (Å²) in [5, 5.41) is 12.2. The molecule has 1 atom stereocenters. The number of aliphatic imine (C=N–C) groups is 1. The molecule has 2 aromatic rings. The highest BCUT2D eigenvalue weighted by atomic mass is 15.3. The molecule has 1 fully saturated rings. The van der Waals surface area contributed by atoms with Gasteiger partial charge >= 0.3 is 0 Å². The first-order valence-corrected chi connectivity index (χ1v) is 10.7. The van der Waals surface area contributed by atoms with Crippen LogP contribution in [0, 0.1) is 0 Å². The smallest absolute Gasteiger partial charge is 0.151 e. The first kappa shape index (κ1) is 17.4. The van der Waals surface area contributed by atoms with Gasteiger partial charge in [-0.3, -0.25) is 0 Å². The first-order chi connectivity index (χ1) is 13.9. The van der Waals surface area contributed by atoms with Crippen LogP contribution in [0.4, 0.5) is 0 Å². The number of hydrogen-bond acceptors (Lipinski definition) is 4. The van der Waals surface area contributed by atoms with Crippen molar-refractivity contribution in [3.8, 4) is 0 Å². The highest BCUT2D eigenvalue weighted by Crippen LogP contribution is 2.39. The zero-order valence-electron chi connectivity index (χ0n) is 16.6. The Hall–Kier alpha value is -2.69. The van der Waals surface area contributed by atoms with E-state index in [0.29, 0.717) is 0 Å². The highest BCUT2D eigenvalue weighted by molar-refractivity contribution is 5.88. The van der Waals surface area contributed by atoms with Gasteiger partial charge in [-0.25, -0.2) is 4.99 Å². The number of allylic oxidation sites excluding steroid dienone is 1. The van der Waals surface area contributed by atoms with Gasteiger partial charge in [-0.05, 0) is 49.8 Å². The Morgan fingerprint density at radius 2 is 2.04 bits per heavy atom. The summed E-state index contributed by atoms with van der Waals surface area (Å²) in [6, 6.07) is 11.0. The van der Waals surface area contributed by atoms with Crippen molar-refractivity contribution in [2.24, 2.45) is 4.99 Å². The number of aromatic nitrogens is 1. The van der Waals surface area contributed by atoms with Crippen molar-refractivity contribution in [3.63, 3.8) is 0 Å². The molecule has 0 bridgehead atoms. The minimum atomic E-state index is 0.0458. The van der Waals surface area contributed by atoms with Crippen LogP contribution in [0.3, 0.4) is 0 Å². The van der Waals surface area contributed by atoms with Crippen LogP contribution in [0.15, 0.2) is 52.4 Å². The van der Waals surface area contributed by atoms with Crippen molar-refractivity contribution in [1.82, 2.24) is 20.5 Å². The van der Waals surface area contributed by atoms with Gasteiger partial charge in [-0.2, -0.15) is 0 Å². The summed E-state index contributed by atoms with van der Waals surface area (Å²) in [6.07, 6.45) is 10.5. The molecule has 1 aromatic carbocycles. The van der Waals surface area contributed by atoms with E-state index in [1.54, 1.807) is 5.57 Å². The fourth-order valence-electron chi connectivity index (χ4n) is 4.65. The largest absolute Gasteiger partial charge is 0.368 e. The summed E-state index contributed by atoms with van der Waals surface area (Å²) in [5.41, 5.74) is 6.56. The average molecular weight is 376 g/mol. The van der Waals surface area contributed by atoms with E-state index in [1.165, 1.54) is 60.8 Å². The van der Waals surface area contributed by atoms with Crippen molar-refractivity contribution in [1.29, 1.82) is 0 Å². The van der Waals surface area contributed by atoms with Gasteiger partial charge in [0.05, 0.1) is 23.2 Å². The Kier molecular flexibility index (Phi) is 4.59. The van der Waals surface area contributed by atoms with E-state index >= 15 is 0 Å². The van der Waals surface area contributed by atoms with Gasteiger partial charge in [0.1, 0.15) is 11.9 Å². The summed E-state index contributed by atoms with van der Waals surface area (Å²) >= 11 is 0.